The Morgan fingerprint density at radius 2 is 1.86 bits per heavy atom. The molecule has 3 aromatic rings. The van der Waals surface area contributed by atoms with Gasteiger partial charge in [-0.3, -0.25) is 14.4 Å². The number of hydrogen-bond donors (Lipinski definition) is 2. The van der Waals surface area contributed by atoms with Gasteiger partial charge in [0.1, 0.15) is 29.1 Å². The third-order valence-corrected chi connectivity index (χ3v) is 6.47. The van der Waals surface area contributed by atoms with Crippen LogP contribution in [0.5, 0.6) is 5.75 Å². The lowest BCUT2D eigenvalue weighted by Crippen LogP contribution is -2.47. The van der Waals surface area contributed by atoms with E-state index in [-0.39, 0.29) is 49.4 Å². The summed E-state index contributed by atoms with van der Waals surface area (Å²) in [7, 11) is 0. The van der Waals surface area contributed by atoms with Gasteiger partial charge in [-0.25, -0.2) is 4.39 Å². The van der Waals surface area contributed by atoms with Crippen molar-refractivity contribution in [3.63, 3.8) is 0 Å². The average molecular weight is 495 g/mol. The molecule has 3 heterocycles. The van der Waals surface area contributed by atoms with Gasteiger partial charge in [0.25, 0.3) is 5.91 Å². The van der Waals surface area contributed by atoms with Crippen LogP contribution in [0.15, 0.2) is 42.5 Å². The first kappa shape index (κ1) is 23.7. The third kappa shape index (κ3) is 5.29. The summed E-state index contributed by atoms with van der Waals surface area (Å²) in [6.07, 6.45) is 1.50. The summed E-state index contributed by atoms with van der Waals surface area (Å²) in [5, 5.41) is 14.6. The van der Waals surface area contributed by atoms with E-state index >= 15 is 0 Å². The van der Waals surface area contributed by atoms with Crippen LogP contribution in [0.1, 0.15) is 29.6 Å². The van der Waals surface area contributed by atoms with Gasteiger partial charge in [-0.05, 0) is 49.6 Å². The monoisotopic (exact) mass is 494 g/mol. The summed E-state index contributed by atoms with van der Waals surface area (Å²) in [6.45, 7) is 0.987. The molecule has 2 N–H and O–H groups in total. The normalized spacial score (nSPS) is 21.1. The number of carbonyl (C=O) groups is 3. The number of halogens is 1. The van der Waals surface area contributed by atoms with Crippen molar-refractivity contribution in [2.24, 2.45) is 5.92 Å². The number of fused-ring (bicyclic) bond motifs is 5. The third-order valence-electron chi connectivity index (χ3n) is 6.47. The number of nitrogens with one attached hydrogen (secondary N) is 2. The van der Waals surface area contributed by atoms with Gasteiger partial charge in [0, 0.05) is 25.7 Å². The fourth-order valence-corrected chi connectivity index (χ4v) is 4.60. The summed E-state index contributed by atoms with van der Waals surface area (Å²) < 4.78 is 19.6. The molecule has 0 saturated carbocycles. The number of aromatic nitrogens is 3. The Balaban J connectivity index is 1.39. The van der Waals surface area contributed by atoms with Crippen LogP contribution in [0.3, 0.4) is 0 Å². The maximum absolute atomic E-state index is 13.9. The van der Waals surface area contributed by atoms with E-state index in [1.165, 1.54) is 16.9 Å². The molecule has 0 spiro atoms. The fraction of sp³-hybridized carbons (Fsp3) is 0.400. The molecule has 188 valence electrons. The largest absolute Gasteiger partial charge is 0.493 e. The molecule has 0 unspecified atom stereocenters. The quantitative estimate of drug-likeness (QED) is 0.558. The molecule has 2 aromatic carbocycles. The molecule has 5 rings (SSSR count). The van der Waals surface area contributed by atoms with E-state index in [0.29, 0.717) is 36.8 Å². The lowest BCUT2D eigenvalue weighted by molar-refractivity contribution is -0.134. The van der Waals surface area contributed by atoms with Crippen LogP contribution in [0.25, 0.3) is 11.0 Å². The summed E-state index contributed by atoms with van der Waals surface area (Å²) >= 11 is 0. The lowest BCUT2D eigenvalue weighted by atomic mass is 10.0. The van der Waals surface area contributed by atoms with Gasteiger partial charge in [0.2, 0.25) is 11.8 Å². The van der Waals surface area contributed by atoms with Gasteiger partial charge in [-0.15, -0.1) is 0 Å². The van der Waals surface area contributed by atoms with E-state index in [1.807, 2.05) is 24.3 Å². The van der Waals surface area contributed by atoms with Crippen molar-refractivity contribution in [3.8, 4) is 5.75 Å². The molecule has 36 heavy (non-hydrogen) atoms. The van der Waals surface area contributed by atoms with Crippen LogP contribution in [-0.4, -0.2) is 69.9 Å². The first-order valence-electron chi connectivity index (χ1n) is 12.0. The predicted octanol–water partition coefficient (Wildman–Crippen LogP) is 1.51. The van der Waals surface area contributed by atoms with Crippen LogP contribution in [0, 0.1) is 11.7 Å². The average Bonchev–Trinajstić information content (AvgIpc) is 3.14. The number of benzene rings is 2. The van der Waals surface area contributed by atoms with E-state index in [0.717, 1.165) is 6.07 Å². The molecule has 0 radical (unpaired) electrons. The maximum Gasteiger partial charge on any atom is 0.255 e. The molecule has 1 fully saturated rings. The Bertz CT molecular complexity index is 1260. The van der Waals surface area contributed by atoms with E-state index in [4.69, 9.17) is 4.74 Å². The molecule has 1 saturated heterocycles. The van der Waals surface area contributed by atoms with E-state index in [1.54, 1.807) is 4.90 Å². The number of hydrogen-bond acceptors (Lipinski definition) is 6. The molecule has 0 aliphatic carbocycles. The van der Waals surface area contributed by atoms with Crippen molar-refractivity contribution in [1.29, 1.82) is 0 Å². The van der Waals surface area contributed by atoms with Crippen LogP contribution in [0.2, 0.25) is 0 Å². The second kappa shape index (κ2) is 10.3. The molecule has 10 nitrogen and oxygen atoms in total. The highest BCUT2D eigenvalue weighted by Crippen LogP contribution is 2.23. The molecule has 2 atom stereocenters. The Hall–Kier alpha value is -4.02. The Morgan fingerprint density at radius 3 is 2.64 bits per heavy atom. The zero-order chi connectivity index (χ0) is 25.1. The number of carbonyl (C=O) groups excluding carboxylic acids is 3. The van der Waals surface area contributed by atoms with Crippen molar-refractivity contribution in [1.82, 2.24) is 30.5 Å². The van der Waals surface area contributed by atoms with E-state index in [2.05, 4.69) is 20.8 Å². The molecular formula is C25H27FN6O4. The van der Waals surface area contributed by atoms with Crippen LogP contribution in [0.4, 0.5) is 4.39 Å². The summed E-state index contributed by atoms with van der Waals surface area (Å²) in [5.41, 5.74) is 1.46. The molecule has 2 aliphatic rings. The highest BCUT2D eigenvalue weighted by Gasteiger charge is 2.32. The SMILES string of the molecule is O=C1N[C@@H]2CC[C@@H](CN(C(=O)Cn3nc4ccccc4n3)C2)C(=O)NCCCOc2ccc(F)cc21. The zero-order valence-electron chi connectivity index (χ0n) is 19.7. The first-order valence-corrected chi connectivity index (χ1v) is 12.0. The molecule has 11 heteroatoms. The highest BCUT2D eigenvalue weighted by molar-refractivity contribution is 5.97. The number of nitrogens with zero attached hydrogens (tertiary/aromatic N) is 4. The zero-order valence-corrected chi connectivity index (χ0v) is 19.7. The van der Waals surface area contributed by atoms with Crippen molar-refractivity contribution in [3.05, 3.63) is 53.8 Å². The topological polar surface area (TPSA) is 118 Å². The maximum atomic E-state index is 13.9. The van der Waals surface area contributed by atoms with Gasteiger partial charge >= 0.3 is 0 Å². The van der Waals surface area contributed by atoms with E-state index in [9.17, 15) is 18.8 Å². The van der Waals surface area contributed by atoms with Gasteiger partial charge in [-0.1, -0.05) is 12.1 Å². The van der Waals surface area contributed by atoms with Gasteiger partial charge in [0.05, 0.1) is 18.1 Å². The number of ether oxygens (including phenoxy) is 1. The lowest BCUT2D eigenvalue weighted by Gasteiger charge is -2.26. The standard InChI is InChI=1S/C25H27FN6O4/c26-17-7-9-22-19(12-17)25(35)28-18-8-6-16(24(34)27-10-3-11-36-22)13-31(14-18)23(33)15-32-29-20-4-1-2-5-21(20)30-32/h1-2,4-5,7,9,12,16,18H,3,6,8,10-11,13-15H2,(H,27,34)(H,28,35)/t16-,18+/m0/s1. The highest BCUT2D eigenvalue weighted by atomic mass is 19.1. The van der Waals surface area contributed by atoms with Gasteiger partial charge in [0.15, 0.2) is 0 Å². The Labute approximate surface area is 206 Å². The molecule has 2 bridgehead atoms. The molecule has 3 amide bonds. The van der Waals surface area contributed by atoms with Crippen molar-refractivity contribution in [2.45, 2.75) is 31.8 Å². The summed E-state index contributed by atoms with van der Waals surface area (Å²) in [6, 6.07) is 10.7. The molecule has 1 aromatic heterocycles. The minimum atomic E-state index is -0.544. The Kier molecular flexibility index (Phi) is 6.79. The first-order chi connectivity index (χ1) is 17.5. The van der Waals surface area contributed by atoms with Gasteiger partial charge in [-0.2, -0.15) is 15.0 Å². The smallest absolute Gasteiger partial charge is 0.255 e. The summed E-state index contributed by atoms with van der Waals surface area (Å²) in [4.78, 5) is 42.2. The number of likely N-dealkylation sites (tertiary alicyclic amines) is 1. The van der Waals surface area contributed by atoms with Crippen molar-refractivity contribution < 1.29 is 23.5 Å². The van der Waals surface area contributed by atoms with Gasteiger partial charge < -0.3 is 20.3 Å². The predicted molar refractivity (Wildman–Crippen MR) is 128 cm³/mol. The van der Waals surface area contributed by atoms with Crippen LogP contribution < -0.4 is 15.4 Å². The molecule has 2 aliphatic heterocycles. The minimum Gasteiger partial charge on any atom is -0.493 e. The minimum absolute atomic E-state index is 0.0917. The summed E-state index contributed by atoms with van der Waals surface area (Å²) in [5.74, 6) is -1.57. The second-order valence-electron chi connectivity index (χ2n) is 9.10. The Morgan fingerprint density at radius 1 is 1.08 bits per heavy atom. The van der Waals surface area contributed by atoms with Crippen LogP contribution >= 0.6 is 0 Å². The van der Waals surface area contributed by atoms with Crippen LogP contribution in [-0.2, 0) is 16.1 Å². The van der Waals surface area contributed by atoms with E-state index < -0.39 is 23.7 Å². The fourth-order valence-electron chi connectivity index (χ4n) is 4.60. The number of rotatable bonds is 2. The molecular weight excluding hydrogens is 467 g/mol. The van der Waals surface area contributed by atoms with Crippen molar-refractivity contribution in [2.75, 3.05) is 26.2 Å². The van der Waals surface area contributed by atoms with Crippen molar-refractivity contribution >= 4 is 28.8 Å². The second-order valence-corrected chi connectivity index (χ2v) is 9.10. The number of amides is 3.